The number of unbranched alkanes of at least 4 members (excludes halogenated alkanes) is 4. The average molecular weight is 532 g/mol. The molecule has 2 rings (SSSR count). The molecule has 0 aliphatic rings. The molecule has 33 heavy (non-hydrogen) atoms. The van der Waals surface area contributed by atoms with Gasteiger partial charge in [0.1, 0.15) is 0 Å². The zero-order valence-electron chi connectivity index (χ0n) is 19.1. The first kappa shape index (κ1) is 30.4. The monoisotopic (exact) mass is 531 g/mol. The van der Waals surface area contributed by atoms with Gasteiger partial charge in [0.05, 0.1) is 0 Å². The first-order valence-corrected chi connectivity index (χ1v) is 15.3. The van der Waals surface area contributed by atoms with E-state index in [1.54, 1.807) is 0 Å². The average Bonchev–Trinajstić information content (AvgIpc) is 2.78. The SMILES string of the molecule is O=S(=O)(O)O.SCCN(CCCCCSc1ccccc1)CCCCCSc1ccccc1. The number of rotatable bonds is 16. The Morgan fingerprint density at radius 1 is 0.667 bits per heavy atom. The summed E-state index contributed by atoms with van der Waals surface area (Å²) < 4.78 is 31.6. The molecule has 0 aliphatic heterocycles. The predicted molar refractivity (Wildman–Crippen MR) is 147 cm³/mol. The molecule has 0 heterocycles. The van der Waals surface area contributed by atoms with Crippen molar-refractivity contribution in [3.8, 4) is 0 Å². The van der Waals surface area contributed by atoms with Crippen molar-refractivity contribution in [1.82, 2.24) is 4.90 Å². The summed E-state index contributed by atoms with van der Waals surface area (Å²) in [6, 6.07) is 21.5. The predicted octanol–water partition coefficient (Wildman–Crippen LogP) is 6.49. The minimum Gasteiger partial charge on any atom is -0.303 e. The molecule has 0 atom stereocenters. The number of nitrogens with zero attached hydrogens (tertiary/aromatic N) is 1. The highest BCUT2D eigenvalue weighted by Gasteiger charge is 2.04. The third kappa shape index (κ3) is 20.4. The Bertz CT molecular complexity index is 748. The summed E-state index contributed by atoms with van der Waals surface area (Å²) in [6.07, 6.45) is 7.91. The summed E-state index contributed by atoms with van der Waals surface area (Å²) in [5.41, 5.74) is 0. The maximum Gasteiger partial charge on any atom is 0.394 e. The lowest BCUT2D eigenvalue weighted by Crippen LogP contribution is -2.28. The highest BCUT2D eigenvalue weighted by atomic mass is 32.3. The molecule has 0 spiro atoms. The van der Waals surface area contributed by atoms with Crippen molar-refractivity contribution in [1.29, 1.82) is 0 Å². The van der Waals surface area contributed by atoms with Crippen LogP contribution in [-0.2, 0) is 10.4 Å². The quantitative estimate of drug-likeness (QED) is 0.0989. The van der Waals surface area contributed by atoms with Crippen LogP contribution in [0.2, 0.25) is 0 Å². The summed E-state index contributed by atoms with van der Waals surface area (Å²) in [5, 5.41) is 0. The second-order valence-corrected chi connectivity index (χ2v) is 11.1. The second kappa shape index (κ2) is 19.6. The molecule has 0 bridgehead atoms. The highest BCUT2D eigenvalue weighted by molar-refractivity contribution is 7.99. The van der Waals surface area contributed by atoms with E-state index in [0.717, 1.165) is 12.3 Å². The van der Waals surface area contributed by atoms with Gasteiger partial charge in [0, 0.05) is 22.1 Å². The van der Waals surface area contributed by atoms with E-state index in [0.29, 0.717) is 0 Å². The maximum atomic E-state index is 8.74. The van der Waals surface area contributed by atoms with Gasteiger partial charge in [-0.25, -0.2) is 0 Å². The fraction of sp³-hybridized carbons (Fsp3) is 0.500. The van der Waals surface area contributed by atoms with Crippen molar-refractivity contribution in [3.05, 3.63) is 60.7 Å². The summed E-state index contributed by atoms with van der Waals surface area (Å²) in [4.78, 5) is 5.40. The van der Waals surface area contributed by atoms with Crippen LogP contribution >= 0.6 is 36.2 Å². The van der Waals surface area contributed by atoms with Crippen LogP contribution < -0.4 is 0 Å². The third-order valence-electron chi connectivity index (χ3n) is 4.68. The van der Waals surface area contributed by atoms with Crippen molar-refractivity contribution >= 4 is 46.6 Å². The van der Waals surface area contributed by atoms with Gasteiger partial charge in [-0.3, -0.25) is 9.11 Å². The minimum absolute atomic E-state index is 0.966. The van der Waals surface area contributed by atoms with Crippen LogP contribution in [0.15, 0.2) is 70.5 Å². The van der Waals surface area contributed by atoms with Crippen LogP contribution in [-0.4, -0.2) is 59.3 Å². The van der Waals surface area contributed by atoms with Crippen molar-refractivity contribution in [3.63, 3.8) is 0 Å². The maximum absolute atomic E-state index is 8.74. The van der Waals surface area contributed by atoms with Crippen molar-refractivity contribution in [2.75, 3.05) is 36.9 Å². The molecule has 5 nitrogen and oxygen atoms in total. The number of hydrogen-bond donors (Lipinski definition) is 3. The molecule has 0 unspecified atom stereocenters. The minimum atomic E-state index is -4.67. The van der Waals surface area contributed by atoms with E-state index in [9.17, 15) is 0 Å². The van der Waals surface area contributed by atoms with Gasteiger partial charge in [0.15, 0.2) is 0 Å². The zero-order valence-corrected chi connectivity index (χ0v) is 22.4. The molecule has 186 valence electrons. The Labute approximate surface area is 214 Å². The van der Waals surface area contributed by atoms with E-state index in [1.165, 1.54) is 72.9 Å². The Hall–Kier alpha value is -0.680. The van der Waals surface area contributed by atoms with Gasteiger partial charge in [-0.15, -0.1) is 23.5 Å². The summed E-state index contributed by atoms with van der Waals surface area (Å²) in [6.45, 7) is 3.59. The van der Waals surface area contributed by atoms with Crippen LogP contribution in [0.1, 0.15) is 38.5 Å². The van der Waals surface area contributed by atoms with E-state index in [4.69, 9.17) is 17.5 Å². The van der Waals surface area contributed by atoms with Crippen molar-refractivity contribution < 1.29 is 17.5 Å². The van der Waals surface area contributed by atoms with Gasteiger partial charge in [0.2, 0.25) is 0 Å². The molecule has 0 saturated heterocycles. The fourth-order valence-electron chi connectivity index (χ4n) is 3.12. The Morgan fingerprint density at radius 2 is 1.06 bits per heavy atom. The molecule has 0 aromatic heterocycles. The smallest absolute Gasteiger partial charge is 0.303 e. The van der Waals surface area contributed by atoms with E-state index >= 15 is 0 Å². The van der Waals surface area contributed by atoms with E-state index in [2.05, 4.69) is 78.2 Å². The normalized spacial score (nSPS) is 11.3. The van der Waals surface area contributed by atoms with E-state index in [1.807, 2.05) is 23.5 Å². The molecule has 0 radical (unpaired) electrons. The summed E-state index contributed by atoms with van der Waals surface area (Å²) in [7, 11) is -4.67. The molecule has 0 aliphatic carbocycles. The molecule has 9 heteroatoms. The number of hydrogen-bond acceptors (Lipinski definition) is 6. The third-order valence-corrected chi connectivity index (χ3v) is 7.07. The first-order valence-electron chi connectivity index (χ1n) is 11.3. The van der Waals surface area contributed by atoms with Crippen molar-refractivity contribution in [2.24, 2.45) is 0 Å². The van der Waals surface area contributed by atoms with Gasteiger partial charge >= 0.3 is 10.4 Å². The lowest BCUT2D eigenvalue weighted by Gasteiger charge is -2.21. The van der Waals surface area contributed by atoms with Gasteiger partial charge < -0.3 is 4.90 Å². The van der Waals surface area contributed by atoms with Crippen LogP contribution in [0.4, 0.5) is 0 Å². The molecule has 0 amide bonds. The van der Waals surface area contributed by atoms with Crippen LogP contribution in [0.5, 0.6) is 0 Å². The van der Waals surface area contributed by atoms with Crippen LogP contribution in [0, 0.1) is 0 Å². The number of thioether (sulfide) groups is 2. The molecule has 2 aromatic rings. The Kier molecular flexibility index (Phi) is 18.0. The van der Waals surface area contributed by atoms with Gasteiger partial charge in [-0.1, -0.05) is 49.2 Å². The molecular formula is C24H37NO4S4. The first-order chi connectivity index (χ1) is 15.9. The number of thiol groups is 1. The topological polar surface area (TPSA) is 77.8 Å². The molecule has 0 saturated carbocycles. The van der Waals surface area contributed by atoms with Gasteiger partial charge in [-0.2, -0.15) is 21.0 Å². The van der Waals surface area contributed by atoms with E-state index < -0.39 is 10.4 Å². The number of benzene rings is 2. The standard InChI is InChI=1S/C24H35NS3.H2O4S/c26-20-19-25(17-9-3-11-21-27-23-13-5-1-6-14-23)18-10-4-12-22-28-24-15-7-2-8-16-24;1-5(2,3)4/h1-2,5-8,13-16,26H,3-4,9-12,17-22H2;(H2,1,2,3,4). The largest absolute Gasteiger partial charge is 0.394 e. The lowest BCUT2D eigenvalue weighted by atomic mass is 10.2. The zero-order chi connectivity index (χ0) is 24.2. The lowest BCUT2D eigenvalue weighted by molar-refractivity contribution is 0.278. The molecular weight excluding hydrogens is 495 g/mol. The molecule has 0 fully saturated rings. The van der Waals surface area contributed by atoms with Gasteiger partial charge in [0.25, 0.3) is 0 Å². The molecule has 2 aromatic carbocycles. The second-order valence-electron chi connectivity index (χ2n) is 7.46. The van der Waals surface area contributed by atoms with Crippen LogP contribution in [0.25, 0.3) is 0 Å². The molecule has 2 N–H and O–H groups in total. The summed E-state index contributed by atoms with van der Waals surface area (Å²) in [5.74, 6) is 3.43. The Balaban J connectivity index is 0.000000981. The fourth-order valence-corrected chi connectivity index (χ4v) is 5.27. The summed E-state index contributed by atoms with van der Waals surface area (Å²) >= 11 is 8.41. The van der Waals surface area contributed by atoms with Gasteiger partial charge in [-0.05, 0) is 74.5 Å². The Morgan fingerprint density at radius 3 is 1.42 bits per heavy atom. The highest BCUT2D eigenvalue weighted by Crippen LogP contribution is 2.20. The van der Waals surface area contributed by atoms with Crippen molar-refractivity contribution in [2.45, 2.75) is 48.3 Å². The van der Waals surface area contributed by atoms with Crippen LogP contribution in [0.3, 0.4) is 0 Å². The van der Waals surface area contributed by atoms with E-state index in [-0.39, 0.29) is 0 Å².